The van der Waals surface area contributed by atoms with Gasteiger partial charge in [-0.25, -0.2) is 0 Å². The molecule has 0 aliphatic rings. The smallest absolute Gasteiger partial charge is 0.308 e. The minimum atomic E-state index is -0.907. The molecule has 0 radical (unpaired) electrons. The minimum absolute atomic E-state index is 0.151. The largest absolute Gasteiger partial charge is 0.481 e. The molecule has 0 saturated heterocycles. The van der Waals surface area contributed by atoms with Gasteiger partial charge >= 0.3 is 5.97 Å². The van der Waals surface area contributed by atoms with Gasteiger partial charge in [0.05, 0.1) is 11.8 Å². The molecule has 1 amide bonds. The Morgan fingerprint density at radius 3 is 2.17 bits per heavy atom. The summed E-state index contributed by atoms with van der Waals surface area (Å²) in [4.78, 5) is 22.8. The highest BCUT2D eigenvalue weighted by Gasteiger charge is 2.23. The molecule has 4 heteroatoms. The molecule has 3 atom stereocenters. The van der Waals surface area contributed by atoms with E-state index in [1.54, 1.807) is 13.8 Å². The molecule has 1 aromatic rings. The topological polar surface area (TPSA) is 66.4 Å². The van der Waals surface area contributed by atoms with Crippen LogP contribution >= 0.6 is 0 Å². The summed E-state index contributed by atoms with van der Waals surface area (Å²) in [5.74, 6) is -1.94. The molecule has 0 fully saturated rings. The van der Waals surface area contributed by atoms with E-state index in [4.69, 9.17) is 5.11 Å². The molecular weight excluding hydrogens is 230 g/mol. The van der Waals surface area contributed by atoms with E-state index in [0.29, 0.717) is 0 Å². The first kappa shape index (κ1) is 14.2. The Hall–Kier alpha value is -1.84. The van der Waals surface area contributed by atoms with Crippen molar-refractivity contribution < 1.29 is 14.7 Å². The third kappa shape index (κ3) is 3.58. The highest BCUT2D eigenvalue weighted by atomic mass is 16.4. The Morgan fingerprint density at radius 2 is 1.67 bits per heavy atom. The van der Waals surface area contributed by atoms with Crippen molar-refractivity contribution in [2.75, 3.05) is 0 Å². The molecule has 3 unspecified atom stereocenters. The van der Waals surface area contributed by atoms with E-state index in [9.17, 15) is 9.59 Å². The summed E-state index contributed by atoms with van der Waals surface area (Å²) < 4.78 is 0. The van der Waals surface area contributed by atoms with Crippen LogP contribution < -0.4 is 5.32 Å². The van der Waals surface area contributed by atoms with E-state index < -0.39 is 11.9 Å². The molecule has 0 saturated carbocycles. The number of aliphatic carboxylic acids is 1. The van der Waals surface area contributed by atoms with Gasteiger partial charge in [0.1, 0.15) is 0 Å². The van der Waals surface area contributed by atoms with Crippen molar-refractivity contribution in [1.29, 1.82) is 0 Å². The number of amides is 1. The third-order valence-corrected chi connectivity index (χ3v) is 3.20. The van der Waals surface area contributed by atoms with Crippen LogP contribution in [0.4, 0.5) is 0 Å². The fraction of sp³-hybridized carbons (Fsp3) is 0.429. The maximum absolute atomic E-state index is 12.0. The normalized spacial score (nSPS) is 15.5. The Labute approximate surface area is 107 Å². The summed E-state index contributed by atoms with van der Waals surface area (Å²) in [6.07, 6.45) is 0. The standard InChI is InChI=1S/C14H19NO3/c1-9(14(17)18)11(3)15-13(16)10(2)12-7-5-4-6-8-12/h4-11H,1-3H3,(H,15,16)(H,17,18). The van der Waals surface area contributed by atoms with Crippen LogP contribution in [0.25, 0.3) is 0 Å². The Bertz CT molecular complexity index is 416. The van der Waals surface area contributed by atoms with Gasteiger partial charge in [-0.15, -0.1) is 0 Å². The van der Waals surface area contributed by atoms with Crippen LogP contribution in [0.5, 0.6) is 0 Å². The minimum Gasteiger partial charge on any atom is -0.481 e. The Morgan fingerprint density at radius 1 is 1.11 bits per heavy atom. The number of carboxylic acids is 1. The van der Waals surface area contributed by atoms with Gasteiger partial charge in [-0.05, 0) is 26.3 Å². The van der Waals surface area contributed by atoms with E-state index in [1.807, 2.05) is 37.3 Å². The lowest BCUT2D eigenvalue weighted by atomic mass is 9.98. The fourth-order valence-electron chi connectivity index (χ4n) is 1.58. The molecule has 0 heterocycles. The Kier molecular flexibility index (Phi) is 4.89. The van der Waals surface area contributed by atoms with Crippen LogP contribution in [0, 0.1) is 5.92 Å². The van der Waals surface area contributed by atoms with Crippen molar-refractivity contribution in [3.05, 3.63) is 35.9 Å². The molecular formula is C14H19NO3. The van der Waals surface area contributed by atoms with Crippen molar-refractivity contribution >= 4 is 11.9 Å². The molecule has 0 aromatic heterocycles. The predicted molar refractivity (Wildman–Crippen MR) is 69.3 cm³/mol. The summed E-state index contributed by atoms with van der Waals surface area (Å²) in [7, 11) is 0. The zero-order chi connectivity index (χ0) is 13.7. The van der Waals surface area contributed by atoms with E-state index in [1.165, 1.54) is 0 Å². The Balaban J connectivity index is 2.63. The number of carbonyl (C=O) groups is 2. The number of benzene rings is 1. The van der Waals surface area contributed by atoms with Crippen LogP contribution in [-0.2, 0) is 9.59 Å². The molecule has 0 aliphatic heterocycles. The van der Waals surface area contributed by atoms with Crippen molar-refractivity contribution in [3.63, 3.8) is 0 Å². The molecule has 4 nitrogen and oxygen atoms in total. The number of carbonyl (C=O) groups excluding carboxylic acids is 1. The summed E-state index contributed by atoms with van der Waals surface area (Å²) in [5, 5.41) is 11.6. The second-order valence-electron chi connectivity index (χ2n) is 4.56. The van der Waals surface area contributed by atoms with Crippen LogP contribution in [-0.4, -0.2) is 23.0 Å². The van der Waals surface area contributed by atoms with E-state index in [-0.39, 0.29) is 17.9 Å². The highest BCUT2D eigenvalue weighted by Crippen LogP contribution is 2.15. The average Bonchev–Trinajstić information content (AvgIpc) is 2.37. The van der Waals surface area contributed by atoms with Gasteiger partial charge in [0.2, 0.25) is 5.91 Å². The second-order valence-corrected chi connectivity index (χ2v) is 4.56. The van der Waals surface area contributed by atoms with Crippen LogP contribution in [0.2, 0.25) is 0 Å². The van der Waals surface area contributed by atoms with Crippen molar-refractivity contribution in [2.24, 2.45) is 5.92 Å². The molecule has 2 N–H and O–H groups in total. The third-order valence-electron chi connectivity index (χ3n) is 3.20. The number of rotatable bonds is 5. The predicted octanol–water partition coefficient (Wildman–Crippen LogP) is 2.02. The molecule has 0 bridgehead atoms. The van der Waals surface area contributed by atoms with Gasteiger partial charge in [-0.1, -0.05) is 30.3 Å². The van der Waals surface area contributed by atoms with Crippen LogP contribution in [0.1, 0.15) is 32.3 Å². The lowest BCUT2D eigenvalue weighted by Crippen LogP contribution is -2.41. The summed E-state index contributed by atoms with van der Waals surface area (Å²) in [6.45, 7) is 5.09. The van der Waals surface area contributed by atoms with Gasteiger partial charge in [0, 0.05) is 6.04 Å². The van der Waals surface area contributed by atoms with Gasteiger partial charge in [-0.2, -0.15) is 0 Å². The lowest BCUT2D eigenvalue weighted by Gasteiger charge is -2.20. The van der Waals surface area contributed by atoms with Gasteiger partial charge in [0.25, 0.3) is 0 Å². The highest BCUT2D eigenvalue weighted by molar-refractivity contribution is 5.84. The zero-order valence-electron chi connectivity index (χ0n) is 10.9. The molecule has 0 spiro atoms. The molecule has 0 aliphatic carbocycles. The number of carboxylic acid groups (broad SMARTS) is 1. The summed E-state index contributed by atoms with van der Waals surface area (Å²) in [5.41, 5.74) is 0.921. The summed E-state index contributed by atoms with van der Waals surface area (Å²) in [6, 6.07) is 9.03. The van der Waals surface area contributed by atoms with Crippen molar-refractivity contribution in [3.8, 4) is 0 Å². The number of nitrogens with one attached hydrogen (secondary N) is 1. The first-order valence-corrected chi connectivity index (χ1v) is 6.01. The lowest BCUT2D eigenvalue weighted by molar-refractivity contribution is -0.142. The van der Waals surface area contributed by atoms with Crippen molar-refractivity contribution in [2.45, 2.75) is 32.7 Å². The maximum atomic E-state index is 12.0. The average molecular weight is 249 g/mol. The zero-order valence-corrected chi connectivity index (χ0v) is 10.9. The fourth-order valence-corrected chi connectivity index (χ4v) is 1.58. The van der Waals surface area contributed by atoms with Crippen LogP contribution in [0.15, 0.2) is 30.3 Å². The van der Waals surface area contributed by atoms with E-state index in [2.05, 4.69) is 5.32 Å². The second kappa shape index (κ2) is 6.19. The number of hydrogen-bond acceptors (Lipinski definition) is 2. The van der Waals surface area contributed by atoms with Crippen molar-refractivity contribution in [1.82, 2.24) is 5.32 Å². The van der Waals surface area contributed by atoms with Gasteiger partial charge in [-0.3, -0.25) is 9.59 Å². The SMILES string of the molecule is CC(C(=O)NC(C)C(C)C(=O)O)c1ccccc1. The van der Waals surface area contributed by atoms with E-state index >= 15 is 0 Å². The van der Waals surface area contributed by atoms with Crippen LogP contribution in [0.3, 0.4) is 0 Å². The first-order chi connectivity index (χ1) is 8.43. The quantitative estimate of drug-likeness (QED) is 0.839. The molecule has 98 valence electrons. The van der Waals surface area contributed by atoms with E-state index in [0.717, 1.165) is 5.56 Å². The monoisotopic (exact) mass is 249 g/mol. The summed E-state index contributed by atoms with van der Waals surface area (Å²) >= 11 is 0. The maximum Gasteiger partial charge on any atom is 0.308 e. The number of hydrogen-bond donors (Lipinski definition) is 2. The first-order valence-electron chi connectivity index (χ1n) is 6.01. The van der Waals surface area contributed by atoms with Gasteiger partial charge in [0.15, 0.2) is 0 Å². The molecule has 1 rings (SSSR count). The molecule has 18 heavy (non-hydrogen) atoms. The van der Waals surface area contributed by atoms with Gasteiger partial charge < -0.3 is 10.4 Å². The molecule has 1 aromatic carbocycles.